The number of hydrogen-bond acceptors (Lipinski definition) is 4. The van der Waals surface area contributed by atoms with Gasteiger partial charge in [-0.2, -0.15) is 0 Å². The number of nitrogens with one attached hydrogen (secondary N) is 1. The molecule has 0 aliphatic carbocycles. The molecule has 1 heterocycles. The average Bonchev–Trinajstić information content (AvgIpc) is 2.74. The highest BCUT2D eigenvalue weighted by Gasteiger charge is 2.28. The fourth-order valence-corrected chi connectivity index (χ4v) is 1.76. The van der Waals surface area contributed by atoms with Crippen LogP contribution in [0.4, 0.5) is 8.78 Å². The number of alkyl halides is 2. The lowest BCUT2D eigenvalue weighted by Crippen LogP contribution is -2.41. The van der Waals surface area contributed by atoms with Gasteiger partial charge in [-0.3, -0.25) is 4.79 Å². The van der Waals surface area contributed by atoms with Gasteiger partial charge in [0.05, 0.1) is 20.2 Å². The molecule has 0 unspecified atom stereocenters. The maximum absolute atomic E-state index is 12.8. The third-order valence-electron chi connectivity index (χ3n) is 1.86. The first-order valence-electron chi connectivity index (χ1n) is 4.48. The summed E-state index contributed by atoms with van der Waals surface area (Å²) in [6, 6.07) is 1.60. The molecule has 3 N–H and O–H groups in total. The summed E-state index contributed by atoms with van der Waals surface area (Å²) in [5, 5.41) is 3.76. The van der Waals surface area contributed by atoms with E-state index in [4.69, 9.17) is 10.5 Å². The van der Waals surface area contributed by atoms with Crippen LogP contribution in [-0.4, -0.2) is 32.0 Å². The minimum Gasteiger partial charge on any atom is -0.495 e. The van der Waals surface area contributed by atoms with Crippen molar-refractivity contribution >= 4 is 17.2 Å². The van der Waals surface area contributed by atoms with Crippen LogP contribution in [0.2, 0.25) is 0 Å². The van der Waals surface area contributed by atoms with E-state index in [-0.39, 0.29) is 4.88 Å². The van der Waals surface area contributed by atoms with Gasteiger partial charge in [0.2, 0.25) is 0 Å². The molecule has 0 spiro atoms. The van der Waals surface area contributed by atoms with Crippen molar-refractivity contribution in [3.05, 3.63) is 16.3 Å². The predicted octanol–water partition coefficient (Wildman–Crippen LogP) is 1.08. The zero-order valence-electron chi connectivity index (χ0n) is 8.63. The van der Waals surface area contributed by atoms with Gasteiger partial charge in [-0.1, -0.05) is 0 Å². The summed E-state index contributed by atoms with van der Waals surface area (Å²) in [5.41, 5.74) is 4.84. The SMILES string of the molecule is COc1ccsc1C(=O)NCC(F)(F)CN. The van der Waals surface area contributed by atoms with E-state index in [1.54, 1.807) is 11.4 Å². The van der Waals surface area contributed by atoms with Gasteiger partial charge < -0.3 is 15.8 Å². The van der Waals surface area contributed by atoms with Crippen LogP contribution in [0.1, 0.15) is 9.67 Å². The first-order chi connectivity index (χ1) is 7.50. The van der Waals surface area contributed by atoms with Crippen molar-refractivity contribution in [3.8, 4) is 5.75 Å². The molecule has 1 aromatic heterocycles. The van der Waals surface area contributed by atoms with Crippen molar-refractivity contribution in [2.24, 2.45) is 5.73 Å². The van der Waals surface area contributed by atoms with Crippen LogP contribution in [0.3, 0.4) is 0 Å². The molecule has 16 heavy (non-hydrogen) atoms. The first-order valence-corrected chi connectivity index (χ1v) is 5.35. The molecular weight excluding hydrogens is 238 g/mol. The Bertz CT molecular complexity index is 368. The van der Waals surface area contributed by atoms with Crippen LogP contribution in [0.5, 0.6) is 5.75 Å². The van der Waals surface area contributed by atoms with Gasteiger partial charge in [-0.25, -0.2) is 8.78 Å². The molecule has 0 radical (unpaired) electrons. The molecule has 0 fully saturated rings. The van der Waals surface area contributed by atoms with E-state index in [9.17, 15) is 13.6 Å². The third kappa shape index (κ3) is 3.14. The van der Waals surface area contributed by atoms with E-state index >= 15 is 0 Å². The Labute approximate surface area is 95.4 Å². The molecule has 0 aliphatic rings. The van der Waals surface area contributed by atoms with Crippen molar-refractivity contribution in [2.75, 3.05) is 20.2 Å². The van der Waals surface area contributed by atoms with Gasteiger partial charge in [0.15, 0.2) is 0 Å². The zero-order chi connectivity index (χ0) is 12.2. The minimum absolute atomic E-state index is 0.273. The third-order valence-corrected chi connectivity index (χ3v) is 2.76. The number of ether oxygens (including phenoxy) is 1. The van der Waals surface area contributed by atoms with E-state index in [1.165, 1.54) is 7.11 Å². The van der Waals surface area contributed by atoms with Crippen molar-refractivity contribution in [3.63, 3.8) is 0 Å². The lowest BCUT2D eigenvalue weighted by Gasteiger charge is -2.14. The molecule has 4 nitrogen and oxygen atoms in total. The van der Waals surface area contributed by atoms with Crippen molar-refractivity contribution in [1.29, 1.82) is 0 Å². The number of carbonyl (C=O) groups excluding carboxylic acids is 1. The molecule has 1 aromatic rings. The predicted molar refractivity (Wildman–Crippen MR) is 57.2 cm³/mol. The molecule has 1 rings (SSSR count). The van der Waals surface area contributed by atoms with Gasteiger partial charge in [0.1, 0.15) is 10.6 Å². The molecule has 90 valence electrons. The second kappa shape index (κ2) is 5.22. The summed E-state index contributed by atoms with van der Waals surface area (Å²) in [6.07, 6.45) is 0. The van der Waals surface area contributed by atoms with Crippen molar-refractivity contribution in [1.82, 2.24) is 5.32 Å². The summed E-state index contributed by atoms with van der Waals surface area (Å²) in [4.78, 5) is 11.8. The molecule has 0 aromatic carbocycles. The van der Waals surface area contributed by atoms with Crippen LogP contribution in [0.15, 0.2) is 11.4 Å². The molecule has 0 atom stereocenters. The quantitative estimate of drug-likeness (QED) is 0.822. The second-order valence-corrected chi connectivity index (χ2v) is 3.98. The Hall–Kier alpha value is -1.21. The highest BCUT2D eigenvalue weighted by molar-refractivity contribution is 7.12. The Balaban J connectivity index is 2.60. The molecular formula is C9H12F2N2O2S. The summed E-state index contributed by atoms with van der Waals surface area (Å²) in [7, 11) is 1.41. The number of halogens is 2. The highest BCUT2D eigenvalue weighted by Crippen LogP contribution is 2.24. The summed E-state index contributed by atoms with van der Waals surface area (Å²) < 4.78 is 30.4. The maximum Gasteiger partial charge on any atom is 0.277 e. The second-order valence-electron chi connectivity index (χ2n) is 3.06. The molecule has 0 bridgehead atoms. The average molecular weight is 250 g/mol. The van der Waals surface area contributed by atoms with E-state index in [2.05, 4.69) is 5.32 Å². The van der Waals surface area contributed by atoms with Gasteiger partial charge >= 0.3 is 0 Å². The Morgan fingerprint density at radius 1 is 1.69 bits per heavy atom. The molecule has 0 saturated carbocycles. The number of thiophene rings is 1. The number of amides is 1. The monoisotopic (exact) mass is 250 g/mol. The smallest absolute Gasteiger partial charge is 0.277 e. The normalized spacial score (nSPS) is 11.2. The van der Waals surface area contributed by atoms with E-state index < -0.39 is 24.9 Å². The van der Waals surface area contributed by atoms with E-state index in [0.29, 0.717) is 5.75 Å². The first kappa shape index (κ1) is 12.9. The van der Waals surface area contributed by atoms with Crippen LogP contribution < -0.4 is 15.8 Å². The number of nitrogens with two attached hydrogens (primary N) is 1. The maximum atomic E-state index is 12.8. The summed E-state index contributed by atoms with van der Waals surface area (Å²) >= 11 is 1.13. The van der Waals surface area contributed by atoms with Crippen molar-refractivity contribution < 1.29 is 18.3 Å². The Morgan fingerprint density at radius 3 is 2.94 bits per heavy atom. The fraction of sp³-hybridized carbons (Fsp3) is 0.444. The van der Waals surface area contributed by atoms with E-state index in [1.807, 2.05) is 0 Å². The van der Waals surface area contributed by atoms with E-state index in [0.717, 1.165) is 11.3 Å². The summed E-state index contributed by atoms with van der Waals surface area (Å²) in [6.45, 7) is -1.57. The number of hydrogen-bond donors (Lipinski definition) is 2. The molecule has 1 amide bonds. The topological polar surface area (TPSA) is 64.3 Å². The van der Waals surface area contributed by atoms with Gasteiger partial charge in [0.25, 0.3) is 11.8 Å². The number of carbonyl (C=O) groups is 1. The lowest BCUT2D eigenvalue weighted by atomic mass is 10.3. The molecule has 7 heteroatoms. The van der Waals surface area contributed by atoms with Crippen LogP contribution in [-0.2, 0) is 0 Å². The standard InChI is InChI=1S/C9H12F2N2O2S/c1-15-6-2-3-16-7(6)8(14)13-5-9(10,11)4-12/h2-3H,4-5,12H2,1H3,(H,13,14). The van der Waals surface area contributed by atoms with Gasteiger partial charge in [0, 0.05) is 0 Å². The van der Waals surface area contributed by atoms with Gasteiger partial charge in [-0.15, -0.1) is 11.3 Å². The highest BCUT2D eigenvalue weighted by atomic mass is 32.1. The Morgan fingerprint density at radius 2 is 2.38 bits per heavy atom. The van der Waals surface area contributed by atoms with Crippen LogP contribution in [0.25, 0.3) is 0 Å². The number of methoxy groups -OCH3 is 1. The largest absolute Gasteiger partial charge is 0.495 e. The van der Waals surface area contributed by atoms with Crippen molar-refractivity contribution in [2.45, 2.75) is 5.92 Å². The Kier molecular flexibility index (Phi) is 4.19. The fourth-order valence-electron chi connectivity index (χ4n) is 0.986. The lowest BCUT2D eigenvalue weighted by molar-refractivity contribution is 0.0119. The minimum atomic E-state index is -3.08. The summed E-state index contributed by atoms with van der Waals surface area (Å²) in [5.74, 6) is -3.29. The van der Waals surface area contributed by atoms with Crippen LogP contribution in [0, 0.1) is 0 Å². The van der Waals surface area contributed by atoms with Crippen LogP contribution >= 0.6 is 11.3 Å². The van der Waals surface area contributed by atoms with Gasteiger partial charge in [-0.05, 0) is 11.4 Å². The molecule has 0 saturated heterocycles. The number of rotatable bonds is 5. The zero-order valence-corrected chi connectivity index (χ0v) is 9.44. The molecule has 0 aliphatic heterocycles.